The molecule has 2 aromatic carbocycles. The standard InChI is InChI=1S/C28H29N5O4/c1-17(2)33-23-10-9-21(13-22(23)25(35)32(27(33)37)15-19-3-4-19)31-26(36)28(11-12-28)16-30-24(34)20-7-5-18(14-29)6-8-20/h5-10,13,17,19H,3-4,11-12,15-16H2,1-2H3,(H,30,34)(H,31,36). The van der Waals surface area contributed by atoms with Crippen molar-refractivity contribution < 1.29 is 9.59 Å². The van der Waals surface area contributed by atoms with Gasteiger partial charge in [-0.3, -0.25) is 23.5 Å². The number of benzene rings is 2. The maximum Gasteiger partial charge on any atom is 0.331 e. The topological polar surface area (TPSA) is 126 Å². The molecule has 5 rings (SSSR count). The van der Waals surface area contributed by atoms with Crippen LogP contribution in [-0.4, -0.2) is 27.5 Å². The molecule has 2 saturated carbocycles. The maximum atomic E-state index is 13.3. The van der Waals surface area contributed by atoms with E-state index in [0.29, 0.717) is 53.0 Å². The summed E-state index contributed by atoms with van der Waals surface area (Å²) in [4.78, 5) is 52.0. The molecule has 3 aromatic rings. The number of nitrogens with zero attached hydrogens (tertiary/aromatic N) is 3. The Hall–Kier alpha value is -4.19. The van der Waals surface area contributed by atoms with Gasteiger partial charge in [-0.1, -0.05) is 0 Å². The normalized spacial score (nSPS) is 15.8. The second-order valence-corrected chi connectivity index (χ2v) is 10.4. The van der Waals surface area contributed by atoms with Crippen LogP contribution in [0.1, 0.15) is 61.5 Å². The first kappa shape index (κ1) is 24.5. The monoisotopic (exact) mass is 499 g/mol. The molecule has 2 amide bonds. The number of nitriles is 1. The van der Waals surface area contributed by atoms with Gasteiger partial charge in [0.2, 0.25) is 5.91 Å². The molecule has 2 aliphatic rings. The summed E-state index contributed by atoms with van der Waals surface area (Å²) >= 11 is 0. The SMILES string of the molecule is CC(C)n1c(=O)n(CC2CC2)c(=O)c2cc(NC(=O)C3(CNC(=O)c4ccc(C#N)cc4)CC3)ccc21. The Morgan fingerprint density at radius 2 is 1.81 bits per heavy atom. The summed E-state index contributed by atoms with van der Waals surface area (Å²) in [6.07, 6.45) is 3.32. The molecule has 2 fully saturated rings. The summed E-state index contributed by atoms with van der Waals surface area (Å²) in [5.41, 5.74) is 0.567. The highest BCUT2D eigenvalue weighted by molar-refractivity contribution is 6.00. The molecule has 1 heterocycles. The molecule has 2 aliphatic carbocycles. The molecule has 0 saturated heterocycles. The van der Waals surface area contributed by atoms with Crippen molar-refractivity contribution in [3.05, 3.63) is 74.4 Å². The summed E-state index contributed by atoms with van der Waals surface area (Å²) < 4.78 is 2.96. The van der Waals surface area contributed by atoms with Gasteiger partial charge in [-0.05, 0) is 87.9 Å². The first-order valence-corrected chi connectivity index (χ1v) is 12.6. The Bertz CT molecular complexity index is 1550. The molecule has 9 nitrogen and oxygen atoms in total. The van der Waals surface area contributed by atoms with E-state index in [4.69, 9.17) is 5.26 Å². The van der Waals surface area contributed by atoms with E-state index in [1.165, 1.54) is 4.57 Å². The van der Waals surface area contributed by atoms with Gasteiger partial charge in [0.25, 0.3) is 11.5 Å². The summed E-state index contributed by atoms with van der Waals surface area (Å²) in [7, 11) is 0. The van der Waals surface area contributed by atoms with E-state index in [1.54, 1.807) is 47.0 Å². The van der Waals surface area contributed by atoms with Crippen molar-refractivity contribution in [3.8, 4) is 6.07 Å². The van der Waals surface area contributed by atoms with E-state index in [0.717, 1.165) is 12.8 Å². The molecule has 0 spiro atoms. The Morgan fingerprint density at radius 3 is 2.41 bits per heavy atom. The largest absolute Gasteiger partial charge is 0.351 e. The van der Waals surface area contributed by atoms with E-state index in [9.17, 15) is 19.2 Å². The third-order valence-electron chi connectivity index (χ3n) is 7.28. The van der Waals surface area contributed by atoms with Crippen LogP contribution in [-0.2, 0) is 11.3 Å². The van der Waals surface area contributed by atoms with Crippen LogP contribution in [0, 0.1) is 22.7 Å². The smallest absolute Gasteiger partial charge is 0.331 e. The van der Waals surface area contributed by atoms with Crippen LogP contribution < -0.4 is 21.9 Å². The van der Waals surface area contributed by atoms with Gasteiger partial charge in [-0.15, -0.1) is 0 Å². The average molecular weight is 500 g/mol. The molecular formula is C28H29N5O4. The lowest BCUT2D eigenvalue weighted by atomic mass is 10.1. The molecule has 190 valence electrons. The van der Waals surface area contributed by atoms with E-state index in [2.05, 4.69) is 10.6 Å². The van der Waals surface area contributed by atoms with Gasteiger partial charge in [-0.25, -0.2) is 4.79 Å². The predicted octanol–water partition coefficient (Wildman–Crippen LogP) is 3.17. The minimum absolute atomic E-state index is 0.129. The lowest BCUT2D eigenvalue weighted by molar-refractivity contribution is -0.120. The Morgan fingerprint density at radius 1 is 1.11 bits per heavy atom. The number of nitrogens with one attached hydrogen (secondary N) is 2. The molecule has 0 radical (unpaired) electrons. The van der Waals surface area contributed by atoms with E-state index in [1.807, 2.05) is 19.9 Å². The van der Waals surface area contributed by atoms with Crippen LogP contribution in [0.25, 0.3) is 10.9 Å². The molecule has 1 aromatic heterocycles. The average Bonchev–Trinajstić information content (AvgIpc) is 3.81. The van der Waals surface area contributed by atoms with Crippen LogP contribution >= 0.6 is 0 Å². The Labute approximate surface area is 213 Å². The van der Waals surface area contributed by atoms with E-state index < -0.39 is 5.41 Å². The minimum atomic E-state index is -0.708. The molecular weight excluding hydrogens is 470 g/mol. The zero-order valence-electron chi connectivity index (χ0n) is 20.9. The fourth-order valence-corrected chi connectivity index (χ4v) is 4.63. The van der Waals surface area contributed by atoms with Crippen LogP contribution in [0.4, 0.5) is 5.69 Å². The van der Waals surface area contributed by atoms with Crippen LogP contribution in [0.3, 0.4) is 0 Å². The summed E-state index contributed by atoms with van der Waals surface area (Å²) in [6, 6.07) is 13.2. The van der Waals surface area contributed by atoms with Crippen molar-refractivity contribution in [2.75, 3.05) is 11.9 Å². The quantitative estimate of drug-likeness (QED) is 0.492. The molecule has 0 unspecified atom stereocenters. The van der Waals surface area contributed by atoms with Gasteiger partial charge in [0.1, 0.15) is 0 Å². The number of carbonyl (C=O) groups excluding carboxylic acids is 2. The number of rotatable bonds is 8. The summed E-state index contributed by atoms with van der Waals surface area (Å²) in [5, 5.41) is 15.1. The highest BCUT2D eigenvalue weighted by Gasteiger charge is 2.50. The molecule has 0 aliphatic heterocycles. The van der Waals surface area contributed by atoms with Gasteiger partial charge in [0, 0.05) is 30.4 Å². The van der Waals surface area contributed by atoms with Gasteiger partial charge in [0.15, 0.2) is 0 Å². The van der Waals surface area contributed by atoms with Gasteiger partial charge >= 0.3 is 5.69 Å². The summed E-state index contributed by atoms with van der Waals surface area (Å²) in [6.45, 7) is 4.42. The molecule has 0 bridgehead atoms. The molecule has 37 heavy (non-hydrogen) atoms. The van der Waals surface area contributed by atoms with E-state index in [-0.39, 0.29) is 35.6 Å². The number of carbonyl (C=O) groups is 2. The number of aromatic nitrogens is 2. The Balaban J connectivity index is 1.35. The first-order valence-electron chi connectivity index (χ1n) is 12.6. The van der Waals surface area contributed by atoms with Crippen LogP contribution in [0.2, 0.25) is 0 Å². The van der Waals surface area contributed by atoms with Crippen molar-refractivity contribution in [2.24, 2.45) is 11.3 Å². The second kappa shape index (κ2) is 9.36. The minimum Gasteiger partial charge on any atom is -0.351 e. The predicted molar refractivity (Wildman–Crippen MR) is 139 cm³/mol. The number of hydrogen-bond donors (Lipinski definition) is 2. The van der Waals surface area contributed by atoms with Crippen molar-refractivity contribution in [1.29, 1.82) is 5.26 Å². The second-order valence-electron chi connectivity index (χ2n) is 10.4. The lowest BCUT2D eigenvalue weighted by Gasteiger charge is -2.19. The van der Waals surface area contributed by atoms with Crippen LogP contribution in [0.5, 0.6) is 0 Å². The van der Waals surface area contributed by atoms with E-state index >= 15 is 0 Å². The van der Waals surface area contributed by atoms with Gasteiger partial charge in [0.05, 0.1) is 28.0 Å². The fraction of sp³-hybridized carbons (Fsp3) is 0.393. The maximum absolute atomic E-state index is 13.3. The highest BCUT2D eigenvalue weighted by Crippen LogP contribution is 2.46. The number of fused-ring (bicyclic) bond motifs is 1. The first-order chi connectivity index (χ1) is 17.7. The highest BCUT2D eigenvalue weighted by atomic mass is 16.2. The molecule has 2 N–H and O–H groups in total. The Kier molecular flexibility index (Phi) is 6.20. The van der Waals surface area contributed by atoms with Crippen molar-refractivity contribution >= 4 is 28.4 Å². The van der Waals surface area contributed by atoms with Gasteiger partial charge < -0.3 is 10.6 Å². The van der Waals surface area contributed by atoms with Gasteiger partial charge in [-0.2, -0.15) is 5.26 Å². The van der Waals surface area contributed by atoms with Crippen LogP contribution in [0.15, 0.2) is 52.1 Å². The third kappa shape index (κ3) is 4.79. The molecule has 0 atom stereocenters. The zero-order valence-corrected chi connectivity index (χ0v) is 20.9. The zero-order chi connectivity index (χ0) is 26.3. The number of amides is 2. The summed E-state index contributed by atoms with van der Waals surface area (Å²) in [5.74, 6) is -0.167. The number of hydrogen-bond acceptors (Lipinski definition) is 5. The number of anilines is 1. The lowest BCUT2D eigenvalue weighted by Crippen LogP contribution is -2.41. The molecule has 9 heteroatoms. The third-order valence-corrected chi connectivity index (χ3v) is 7.28. The van der Waals surface area contributed by atoms with Crippen molar-refractivity contribution in [3.63, 3.8) is 0 Å². The van der Waals surface area contributed by atoms with Crippen molar-refractivity contribution in [1.82, 2.24) is 14.5 Å². The van der Waals surface area contributed by atoms with Crippen molar-refractivity contribution in [2.45, 2.75) is 52.1 Å². The fourth-order valence-electron chi connectivity index (χ4n) is 4.63.